The van der Waals surface area contributed by atoms with Crippen LogP contribution in [0.25, 0.3) is 22.0 Å². The molecule has 7 nitrogen and oxygen atoms in total. The summed E-state index contributed by atoms with van der Waals surface area (Å²) in [5.74, 6) is 0. The highest BCUT2D eigenvalue weighted by molar-refractivity contribution is 7.92. The monoisotopic (exact) mass is 446 g/mol. The van der Waals surface area contributed by atoms with E-state index in [9.17, 15) is 8.42 Å². The van der Waals surface area contributed by atoms with E-state index in [1.54, 1.807) is 12.3 Å². The summed E-state index contributed by atoms with van der Waals surface area (Å²) < 4.78 is 31.5. The van der Waals surface area contributed by atoms with Crippen LogP contribution in [-0.4, -0.2) is 49.9 Å². The third kappa shape index (κ3) is 4.50. The van der Waals surface area contributed by atoms with E-state index in [1.807, 2.05) is 24.4 Å². The minimum atomic E-state index is -3.47. The zero-order valence-electron chi connectivity index (χ0n) is 17.0. The van der Waals surface area contributed by atoms with Gasteiger partial charge in [0, 0.05) is 42.1 Å². The topological polar surface area (TPSA) is 84.4 Å². The predicted molar refractivity (Wildman–Crippen MR) is 121 cm³/mol. The van der Waals surface area contributed by atoms with Crippen LogP contribution in [0.4, 0.5) is 11.4 Å². The summed E-state index contributed by atoms with van der Waals surface area (Å²) >= 11 is 6.07. The number of nitrogens with one attached hydrogen (secondary N) is 1. The fourth-order valence-electron chi connectivity index (χ4n) is 3.84. The molecule has 4 rings (SSSR count). The number of aromatic nitrogens is 2. The van der Waals surface area contributed by atoms with Crippen LogP contribution in [0.3, 0.4) is 0 Å². The number of halogens is 1. The van der Waals surface area contributed by atoms with Gasteiger partial charge in [0.05, 0.1) is 29.7 Å². The number of ether oxygens (including phenoxy) is 1. The zero-order valence-corrected chi connectivity index (χ0v) is 18.5. The lowest BCUT2D eigenvalue weighted by atomic mass is 10.0. The second kappa shape index (κ2) is 8.02. The SMILES string of the molecule is C[C@H]1CN(c2ccnc3ccc(-c4cnc(Cl)c(NS(C)(=O)=O)c4)cc23)C[C@H](C)O1. The highest BCUT2D eigenvalue weighted by Gasteiger charge is 2.23. The van der Waals surface area contributed by atoms with Gasteiger partial charge in [-0.3, -0.25) is 9.71 Å². The van der Waals surface area contributed by atoms with Gasteiger partial charge in [0.25, 0.3) is 0 Å². The van der Waals surface area contributed by atoms with Crippen LogP contribution >= 0.6 is 11.6 Å². The first kappa shape index (κ1) is 20.8. The Kier molecular flexibility index (Phi) is 5.57. The van der Waals surface area contributed by atoms with Gasteiger partial charge in [-0.1, -0.05) is 17.7 Å². The van der Waals surface area contributed by atoms with Crippen LogP contribution in [-0.2, 0) is 14.8 Å². The van der Waals surface area contributed by atoms with E-state index in [0.29, 0.717) is 0 Å². The second-order valence-corrected chi connectivity index (χ2v) is 9.77. The number of fused-ring (bicyclic) bond motifs is 1. The summed E-state index contributed by atoms with van der Waals surface area (Å²) in [6, 6.07) is 9.66. The number of hydrogen-bond acceptors (Lipinski definition) is 6. The molecule has 1 fully saturated rings. The minimum Gasteiger partial charge on any atom is -0.372 e. The number of nitrogens with zero attached hydrogens (tertiary/aromatic N) is 3. The Hall–Kier alpha value is -2.42. The quantitative estimate of drug-likeness (QED) is 0.611. The number of pyridine rings is 2. The molecule has 2 aromatic heterocycles. The molecule has 1 N–H and O–H groups in total. The first-order valence-corrected chi connectivity index (χ1v) is 11.9. The molecule has 3 heterocycles. The van der Waals surface area contributed by atoms with Crippen molar-refractivity contribution in [2.75, 3.05) is 29.0 Å². The molecular formula is C21H23ClN4O3S. The molecule has 2 atom stereocenters. The fraction of sp³-hybridized carbons (Fsp3) is 0.333. The number of rotatable bonds is 4. The summed E-state index contributed by atoms with van der Waals surface area (Å²) in [7, 11) is -3.47. The summed E-state index contributed by atoms with van der Waals surface area (Å²) in [6.07, 6.45) is 4.82. The number of sulfonamides is 1. The molecule has 1 aliphatic heterocycles. The molecule has 0 saturated carbocycles. The van der Waals surface area contributed by atoms with Gasteiger partial charge < -0.3 is 9.64 Å². The lowest BCUT2D eigenvalue weighted by Gasteiger charge is -2.37. The third-order valence-corrected chi connectivity index (χ3v) is 5.84. The van der Waals surface area contributed by atoms with Crippen molar-refractivity contribution in [3.63, 3.8) is 0 Å². The lowest BCUT2D eigenvalue weighted by Crippen LogP contribution is -2.45. The first-order chi connectivity index (χ1) is 14.2. The highest BCUT2D eigenvalue weighted by Crippen LogP contribution is 2.33. The molecule has 30 heavy (non-hydrogen) atoms. The van der Waals surface area contributed by atoms with Crippen molar-refractivity contribution in [3.05, 3.63) is 47.9 Å². The molecule has 0 bridgehead atoms. The van der Waals surface area contributed by atoms with Crippen molar-refractivity contribution in [2.45, 2.75) is 26.1 Å². The average molecular weight is 447 g/mol. The predicted octanol–water partition coefficient (Wildman–Crippen LogP) is 3.94. The van der Waals surface area contributed by atoms with Gasteiger partial charge in [-0.15, -0.1) is 0 Å². The summed E-state index contributed by atoms with van der Waals surface area (Å²) in [6.45, 7) is 5.76. The average Bonchev–Trinajstić information content (AvgIpc) is 2.67. The van der Waals surface area contributed by atoms with Gasteiger partial charge in [-0.25, -0.2) is 13.4 Å². The van der Waals surface area contributed by atoms with Crippen LogP contribution in [0.1, 0.15) is 13.8 Å². The molecule has 0 amide bonds. The van der Waals surface area contributed by atoms with Crippen molar-refractivity contribution >= 4 is 43.9 Å². The molecule has 0 radical (unpaired) electrons. The second-order valence-electron chi connectivity index (χ2n) is 7.66. The Bertz CT molecular complexity index is 1190. The van der Waals surface area contributed by atoms with Crippen molar-refractivity contribution in [2.24, 2.45) is 0 Å². The molecular weight excluding hydrogens is 424 g/mol. The van der Waals surface area contributed by atoms with Crippen molar-refractivity contribution in [1.29, 1.82) is 0 Å². The molecule has 0 unspecified atom stereocenters. The third-order valence-electron chi connectivity index (χ3n) is 4.95. The van der Waals surface area contributed by atoms with Crippen LogP contribution in [0.15, 0.2) is 42.7 Å². The Morgan fingerprint density at radius 2 is 1.83 bits per heavy atom. The van der Waals surface area contributed by atoms with E-state index >= 15 is 0 Å². The smallest absolute Gasteiger partial charge is 0.229 e. The molecule has 0 spiro atoms. The highest BCUT2D eigenvalue weighted by atomic mass is 35.5. The molecule has 0 aliphatic carbocycles. The maximum absolute atomic E-state index is 11.6. The molecule has 1 aromatic carbocycles. The van der Waals surface area contributed by atoms with E-state index in [2.05, 4.69) is 39.5 Å². The molecule has 1 saturated heterocycles. The first-order valence-electron chi connectivity index (χ1n) is 9.62. The molecule has 1 aliphatic rings. The van der Waals surface area contributed by atoms with Gasteiger partial charge in [0.1, 0.15) is 0 Å². The number of hydrogen-bond donors (Lipinski definition) is 1. The summed E-state index contributed by atoms with van der Waals surface area (Å²) in [5, 5.41) is 1.12. The van der Waals surface area contributed by atoms with E-state index < -0.39 is 10.0 Å². The lowest BCUT2D eigenvalue weighted by molar-refractivity contribution is -0.00513. The van der Waals surface area contributed by atoms with Crippen LogP contribution in [0, 0.1) is 0 Å². The zero-order chi connectivity index (χ0) is 21.5. The van der Waals surface area contributed by atoms with E-state index in [0.717, 1.165) is 47.1 Å². The van der Waals surface area contributed by atoms with E-state index in [1.165, 1.54) is 0 Å². The normalized spacial score (nSPS) is 19.8. The Morgan fingerprint density at radius 1 is 1.10 bits per heavy atom. The summed E-state index contributed by atoms with van der Waals surface area (Å²) in [4.78, 5) is 11.0. The minimum absolute atomic E-state index is 0.101. The van der Waals surface area contributed by atoms with E-state index in [4.69, 9.17) is 16.3 Å². The summed E-state index contributed by atoms with van der Waals surface area (Å²) in [5.41, 5.74) is 3.89. The van der Waals surface area contributed by atoms with Gasteiger partial charge in [-0.2, -0.15) is 0 Å². The van der Waals surface area contributed by atoms with Crippen molar-refractivity contribution < 1.29 is 13.2 Å². The van der Waals surface area contributed by atoms with Crippen LogP contribution in [0.5, 0.6) is 0 Å². The number of benzene rings is 1. The Balaban J connectivity index is 1.78. The van der Waals surface area contributed by atoms with E-state index in [-0.39, 0.29) is 23.0 Å². The molecule has 3 aromatic rings. The standard InChI is InChI=1S/C21H23ClN4O3S/c1-13-11-26(12-14(2)29-13)20-6-7-23-18-5-4-15(8-17(18)20)16-9-19(21(22)24-10-16)25-30(3,27)28/h4-10,13-14,25H,11-12H2,1-3H3/t13-,14-/m0/s1. The fourth-order valence-corrected chi connectivity index (χ4v) is 4.60. The van der Waals surface area contributed by atoms with Crippen molar-refractivity contribution in [3.8, 4) is 11.1 Å². The maximum Gasteiger partial charge on any atom is 0.229 e. The molecule has 158 valence electrons. The van der Waals surface area contributed by atoms with Gasteiger partial charge in [0.15, 0.2) is 5.15 Å². The van der Waals surface area contributed by atoms with Gasteiger partial charge in [-0.05, 0) is 43.7 Å². The van der Waals surface area contributed by atoms with Gasteiger partial charge >= 0.3 is 0 Å². The Labute approximate surface area is 181 Å². The Morgan fingerprint density at radius 3 is 2.53 bits per heavy atom. The van der Waals surface area contributed by atoms with Crippen LogP contribution < -0.4 is 9.62 Å². The number of morpholine rings is 1. The maximum atomic E-state index is 11.6. The van der Waals surface area contributed by atoms with Crippen molar-refractivity contribution in [1.82, 2.24) is 9.97 Å². The molecule has 9 heteroatoms. The number of anilines is 2. The largest absolute Gasteiger partial charge is 0.372 e. The van der Waals surface area contributed by atoms with Crippen LogP contribution in [0.2, 0.25) is 5.15 Å². The van der Waals surface area contributed by atoms with Gasteiger partial charge in [0.2, 0.25) is 10.0 Å².